The lowest BCUT2D eigenvalue weighted by Gasteiger charge is -2.34. The molecule has 42 heavy (non-hydrogen) atoms. The minimum Gasteiger partial charge on any atom is -0.371 e. The number of anilines is 2. The third kappa shape index (κ3) is 6.33. The smallest absolute Gasteiger partial charge is 0.231 e. The molecule has 2 saturated heterocycles. The summed E-state index contributed by atoms with van der Waals surface area (Å²) in [5.41, 5.74) is 2.30. The van der Waals surface area contributed by atoms with Crippen LogP contribution in [0.5, 0.6) is 0 Å². The molecule has 2 atom stereocenters. The average Bonchev–Trinajstić information content (AvgIpc) is 3.60. The van der Waals surface area contributed by atoms with Crippen molar-refractivity contribution >= 4 is 23.5 Å². The van der Waals surface area contributed by atoms with E-state index < -0.39 is 23.5 Å². The molecular formula is C32H40F2N6O2. The van der Waals surface area contributed by atoms with E-state index in [1.807, 2.05) is 22.9 Å². The minimum atomic E-state index is -0.638. The maximum atomic E-state index is 14.9. The molecule has 8 nitrogen and oxygen atoms in total. The number of para-hydroxylation sites is 1. The Hall–Kier alpha value is -3.79. The van der Waals surface area contributed by atoms with Crippen molar-refractivity contribution in [2.75, 3.05) is 43.4 Å². The van der Waals surface area contributed by atoms with Gasteiger partial charge in [0.1, 0.15) is 11.6 Å². The first-order valence-electron chi connectivity index (χ1n) is 14.6. The largest absolute Gasteiger partial charge is 0.371 e. The number of hydrogen-bond acceptors (Lipinski definition) is 5. The van der Waals surface area contributed by atoms with Gasteiger partial charge in [-0.1, -0.05) is 24.3 Å². The van der Waals surface area contributed by atoms with Crippen LogP contribution in [-0.4, -0.2) is 65.0 Å². The van der Waals surface area contributed by atoms with Gasteiger partial charge in [0.15, 0.2) is 0 Å². The Morgan fingerprint density at radius 1 is 1.02 bits per heavy atom. The lowest BCUT2D eigenvalue weighted by atomic mass is 9.88. The van der Waals surface area contributed by atoms with Crippen LogP contribution >= 0.6 is 0 Å². The number of aromatic nitrogens is 2. The molecule has 2 aliphatic heterocycles. The first-order chi connectivity index (χ1) is 20.0. The first kappa shape index (κ1) is 29.7. The summed E-state index contributed by atoms with van der Waals surface area (Å²) in [6.07, 6.45) is 5.07. The predicted molar refractivity (Wildman–Crippen MR) is 159 cm³/mol. The molecule has 0 spiro atoms. The summed E-state index contributed by atoms with van der Waals surface area (Å²) in [7, 11) is 1.68. The van der Waals surface area contributed by atoms with Crippen molar-refractivity contribution in [3.8, 4) is 0 Å². The van der Waals surface area contributed by atoms with Crippen molar-refractivity contribution in [1.29, 1.82) is 0 Å². The van der Waals surface area contributed by atoms with Gasteiger partial charge in [-0.2, -0.15) is 0 Å². The van der Waals surface area contributed by atoms with Gasteiger partial charge in [-0.05, 0) is 56.9 Å². The van der Waals surface area contributed by atoms with Crippen LogP contribution < -0.4 is 15.5 Å². The van der Waals surface area contributed by atoms with Crippen LogP contribution in [0.25, 0.3) is 0 Å². The maximum Gasteiger partial charge on any atom is 0.231 e. The standard InChI is InChI=1S/C32H40F2N6O2/c1-32(2,3)40-19-25(24-10-9-23(33)17-27(24)34)26(20-40)30(42)37-31-36-13-16-39(31)18-22-7-5-6-8-28(22)38-14-11-21(12-15-38)29(41)35-4/h5-10,13,16-17,21,25-26H,11-12,14-15,18-20H2,1-4H3,(H,35,41)(H,36,37,42)/t25-,26+/m0/s1. The zero-order chi connectivity index (χ0) is 30.0. The van der Waals surface area contributed by atoms with Crippen LogP contribution in [0.1, 0.15) is 50.7 Å². The summed E-state index contributed by atoms with van der Waals surface area (Å²) >= 11 is 0. The van der Waals surface area contributed by atoms with Crippen molar-refractivity contribution in [3.63, 3.8) is 0 Å². The Balaban J connectivity index is 1.33. The van der Waals surface area contributed by atoms with E-state index in [0.29, 0.717) is 31.1 Å². The molecule has 3 heterocycles. The maximum absolute atomic E-state index is 14.9. The van der Waals surface area contributed by atoms with Crippen LogP contribution in [0, 0.1) is 23.5 Å². The molecule has 2 aromatic carbocycles. The van der Waals surface area contributed by atoms with E-state index in [4.69, 9.17) is 0 Å². The van der Waals surface area contributed by atoms with Gasteiger partial charge in [-0.3, -0.25) is 19.8 Å². The number of benzene rings is 2. The van der Waals surface area contributed by atoms with Gasteiger partial charge in [0.2, 0.25) is 17.8 Å². The molecule has 0 saturated carbocycles. The SMILES string of the molecule is CNC(=O)C1CCN(c2ccccc2Cn2ccnc2NC(=O)[C@@H]2CN(C(C)(C)C)C[C@H]2c2ccc(F)cc2F)CC1. The van der Waals surface area contributed by atoms with Crippen molar-refractivity contribution in [3.05, 3.63) is 77.6 Å². The van der Waals surface area contributed by atoms with E-state index in [-0.39, 0.29) is 23.3 Å². The Labute approximate surface area is 246 Å². The molecule has 2 fully saturated rings. The highest BCUT2D eigenvalue weighted by Gasteiger charge is 2.43. The van der Waals surface area contributed by atoms with Crippen molar-refractivity contribution < 1.29 is 18.4 Å². The quantitative estimate of drug-likeness (QED) is 0.428. The summed E-state index contributed by atoms with van der Waals surface area (Å²) in [4.78, 5) is 34.8. The second-order valence-corrected chi connectivity index (χ2v) is 12.3. The average molecular weight is 579 g/mol. The van der Waals surface area contributed by atoms with Gasteiger partial charge in [-0.25, -0.2) is 13.8 Å². The minimum absolute atomic E-state index is 0.0332. The van der Waals surface area contributed by atoms with E-state index in [0.717, 1.165) is 43.2 Å². The molecule has 0 bridgehead atoms. The molecule has 5 rings (SSSR count). The molecule has 2 amide bonds. The zero-order valence-corrected chi connectivity index (χ0v) is 24.7. The summed E-state index contributed by atoms with van der Waals surface area (Å²) < 4.78 is 30.5. The van der Waals surface area contributed by atoms with E-state index >= 15 is 0 Å². The Morgan fingerprint density at radius 3 is 2.45 bits per heavy atom. The molecular weight excluding hydrogens is 538 g/mol. The Morgan fingerprint density at radius 2 is 1.76 bits per heavy atom. The topological polar surface area (TPSA) is 82.5 Å². The first-order valence-corrected chi connectivity index (χ1v) is 14.6. The van der Waals surface area contributed by atoms with Gasteiger partial charge in [0.05, 0.1) is 12.5 Å². The highest BCUT2D eigenvalue weighted by Crippen LogP contribution is 2.38. The van der Waals surface area contributed by atoms with Crippen molar-refractivity contribution in [2.45, 2.75) is 51.6 Å². The number of hydrogen-bond donors (Lipinski definition) is 2. The van der Waals surface area contributed by atoms with Crippen molar-refractivity contribution in [2.24, 2.45) is 11.8 Å². The number of carbonyl (C=O) groups excluding carboxylic acids is 2. The molecule has 224 valence electrons. The van der Waals surface area contributed by atoms with Gasteiger partial charge in [-0.15, -0.1) is 0 Å². The van der Waals surface area contributed by atoms with E-state index in [1.165, 1.54) is 12.1 Å². The number of halogens is 2. The Kier molecular flexibility index (Phi) is 8.63. The Bertz CT molecular complexity index is 1430. The van der Waals surface area contributed by atoms with E-state index in [1.54, 1.807) is 13.2 Å². The molecule has 2 aliphatic rings. The third-order valence-corrected chi connectivity index (χ3v) is 8.70. The summed E-state index contributed by atoms with van der Waals surface area (Å²) in [5.74, 6) is -1.93. The van der Waals surface area contributed by atoms with Gasteiger partial charge >= 0.3 is 0 Å². The van der Waals surface area contributed by atoms with Crippen LogP contribution in [0.15, 0.2) is 54.9 Å². The van der Waals surface area contributed by atoms with Crippen LogP contribution in [0.2, 0.25) is 0 Å². The fourth-order valence-corrected chi connectivity index (χ4v) is 6.22. The molecule has 0 aliphatic carbocycles. The lowest BCUT2D eigenvalue weighted by molar-refractivity contribution is -0.125. The predicted octanol–water partition coefficient (Wildman–Crippen LogP) is 4.62. The monoisotopic (exact) mass is 578 g/mol. The number of carbonyl (C=O) groups is 2. The van der Waals surface area contributed by atoms with Crippen molar-refractivity contribution in [1.82, 2.24) is 19.8 Å². The molecule has 10 heteroatoms. The molecule has 2 N–H and O–H groups in total. The highest BCUT2D eigenvalue weighted by molar-refractivity contribution is 5.92. The number of imidazole rings is 1. The van der Waals surface area contributed by atoms with E-state index in [2.05, 4.69) is 58.3 Å². The normalized spacial score (nSPS) is 20.1. The number of nitrogens with one attached hydrogen (secondary N) is 2. The van der Waals surface area contributed by atoms with Crippen LogP contribution in [0.3, 0.4) is 0 Å². The van der Waals surface area contributed by atoms with Gasteiger partial charge in [0, 0.05) is 74.7 Å². The number of piperidine rings is 1. The highest BCUT2D eigenvalue weighted by atomic mass is 19.1. The molecule has 0 unspecified atom stereocenters. The van der Waals surface area contributed by atoms with Crippen LogP contribution in [-0.2, 0) is 16.1 Å². The number of rotatable bonds is 7. The number of nitrogens with zero attached hydrogens (tertiary/aromatic N) is 4. The number of amides is 2. The second kappa shape index (κ2) is 12.2. The molecule has 0 radical (unpaired) electrons. The zero-order valence-electron chi connectivity index (χ0n) is 24.7. The summed E-state index contributed by atoms with van der Waals surface area (Å²) in [5, 5.41) is 5.77. The third-order valence-electron chi connectivity index (χ3n) is 8.70. The summed E-state index contributed by atoms with van der Waals surface area (Å²) in [6, 6.07) is 11.7. The van der Waals surface area contributed by atoms with E-state index in [9.17, 15) is 18.4 Å². The summed E-state index contributed by atoms with van der Waals surface area (Å²) in [6.45, 7) is 9.21. The fourth-order valence-electron chi connectivity index (χ4n) is 6.22. The molecule has 1 aromatic heterocycles. The van der Waals surface area contributed by atoms with Gasteiger partial charge in [0.25, 0.3) is 0 Å². The van der Waals surface area contributed by atoms with Gasteiger partial charge < -0.3 is 14.8 Å². The molecule has 3 aromatic rings. The number of likely N-dealkylation sites (tertiary alicyclic amines) is 1. The lowest BCUT2D eigenvalue weighted by Crippen LogP contribution is -2.40. The fraction of sp³-hybridized carbons (Fsp3) is 0.469. The second-order valence-electron chi connectivity index (χ2n) is 12.3. The van der Waals surface area contributed by atoms with Crippen LogP contribution in [0.4, 0.5) is 20.4 Å².